The van der Waals surface area contributed by atoms with E-state index in [1.165, 1.54) is 77.0 Å². The Hall–Kier alpha value is -0.130. The number of hydrogen-bond acceptors (Lipinski definition) is 4. The van der Waals surface area contributed by atoms with Crippen LogP contribution in [-0.4, -0.2) is 42.3 Å². The maximum absolute atomic E-state index is 12.2. The van der Waals surface area contributed by atoms with Crippen LogP contribution in [0.2, 0.25) is 0 Å². The summed E-state index contributed by atoms with van der Waals surface area (Å²) in [5.41, 5.74) is 0. The molecule has 0 rings (SSSR count). The number of aliphatic hydroxyl groups excluding tert-OH is 2. The standard InChI is InChI=1S/C26H54O4S/c1-3-5-7-9-11-13-15-17-19-25(27)21-23-31(29,30)24-22-26(28)20-18-16-14-12-10-8-6-4-2/h25-28H,3-24H2,1-2H3. The van der Waals surface area contributed by atoms with Crippen molar-refractivity contribution in [1.29, 1.82) is 0 Å². The summed E-state index contributed by atoms with van der Waals surface area (Å²) in [5, 5.41) is 20.2. The van der Waals surface area contributed by atoms with Crippen molar-refractivity contribution in [1.82, 2.24) is 0 Å². The molecule has 0 heterocycles. The topological polar surface area (TPSA) is 74.6 Å². The van der Waals surface area contributed by atoms with Crippen LogP contribution in [0, 0.1) is 0 Å². The van der Waals surface area contributed by atoms with Crippen LogP contribution in [0.3, 0.4) is 0 Å². The first-order chi connectivity index (χ1) is 14.9. The second kappa shape index (κ2) is 21.7. The van der Waals surface area contributed by atoms with E-state index in [1.54, 1.807) is 0 Å². The molecule has 2 atom stereocenters. The van der Waals surface area contributed by atoms with Crippen LogP contribution in [0.4, 0.5) is 0 Å². The SMILES string of the molecule is CCCCCCCCCCC(O)CCS(=O)(=O)CCC(O)CCCCCCCCCC. The predicted molar refractivity (Wildman–Crippen MR) is 134 cm³/mol. The van der Waals surface area contributed by atoms with E-state index in [2.05, 4.69) is 13.8 Å². The number of aliphatic hydroxyl groups is 2. The van der Waals surface area contributed by atoms with Crippen molar-refractivity contribution >= 4 is 9.84 Å². The highest BCUT2D eigenvalue weighted by Crippen LogP contribution is 2.14. The molecular weight excluding hydrogens is 408 g/mol. The second-order valence-corrected chi connectivity index (χ2v) is 11.9. The number of sulfone groups is 1. The van der Waals surface area contributed by atoms with E-state index >= 15 is 0 Å². The van der Waals surface area contributed by atoms with Gasteiger partial charge < -0.3 is 10.2 Å². The molecule has 0 amide bonds. The normalized spacial score (nSPS) is 14.1. The highest BCUT2D eigenvalue weighted by atomic mass is 32.2. The summed E-state index contributed by atoms with van der Waals surface area (Å²) >= 11 is 0. The predicted octanol–water partition coefficient (Wildman–Crippen LogP) is 6.96. The first-order valence-corrected chi connectivity index (χ1v) is 15.3. The molecule has 0 aliphatic rings. The molecule has 0 aromatic rings. The van der Waals surface area contributed by atoms with E-state index in [1.807, 2.05) is 0 Å². The molecular formula is C26H54O4S. The van der Waals surface area contributed by atoms with Gasteiger partial charge in [-0.2, -0.15) is 0 Å². The molecule has 188 valence electrons. The molecule has 0 spiro atoms. The van der Waals surface area contributed by atoms with Crippen LogP contribution in [0.25, 0.3) is 0 Å². The molecule has 0 fully saturated rings. The van der Waals surface area contributed by atoms with E-state index in [4.69, 9.17) is 0 Å². The molecule has 0 aromatic heterocycles. The second-order valence-electron chi connectivity index (χ2n) is 9.56. The highest BCUT2D eigenvalue weighted by Gasteiger charge is 2.16. The summed E-state index contributed by atoms with van der Waals surface area (Å²) in [6.07, 6.45) is 20.6. The lowest BCUT2D eigenvalue weighted by molar-refractivity contribution is 0.155. The zero-order valence-corrected chi connectivity index (χ0v) is 21.6. The Morgan fingerprint density at radius 1 is 0.484 bits per heavy atom. The molecule has 31 heavy (non-hydrogen) atoms. The third-order valence-electron chi connectivity index (χ3n) is 6.31. The van der Waals surface area contributed by atoms with Crippen molar-refractivity contribution in [3.8, 4) is 0 Å². The van der Waals surface area contributed by atoms with Gasteiger partial charge in [-0.05, 0) is 25.7 Å². The first-order valence-electron chi connectivity index (χ1n) is 13.5. The van der Waals surface area contributed by atoms with Crippen molar-refractivity contribution in [2.75, 3.05) is 11.5 Å². The summed E-state index contributed by atoms with van der Waals surface area (Å²) in [6.45, 7) is 4.45. The smallest absolute Gasteiger partial charge is 0.150 e. The molecule has 0 bridgehead atoms. The molecule has 0 radical (unpaired) electrons. The average Bonchev–Trinajstić information content (AvgIpc) is 2.75. The van der Waals surface area contributed by atoms with Crippen molar-refractivity contribution in [2.24, 2.45) is 0 Å². The lowest BCUT2D eigenvalue weighted by atomic mass is 10.0. The lowest BCUT2D eigenvalue weighted by Gasteiger charge is -2.13. The monoisotopic (exact) mass is 462 g/mol. The van der Waals surface area contributed by atoms with E-state index < -0.39 is 22.0 Å². The third kappa shape index (κ3) is 22.8. The molecule has 0 saturated heterocycles. The number of unbranched alkanes of at least 4 members (excludes halogenated alkanes) is 14. The molecule has 0 saturated carbocycles. The highest BCUT2D eigenvalue weighted by molar-refractivity contribution is 7.91. The van der Waals surface area contributed by atoms with Crippen molar-refractivity contribution in [2.45, 2.75) is 154 Å². The van der Waals surface area contributed by atoms with Crippen LogP contribution < -0.4 is 0 Å². The fraction of sp³-hybridized carbons (Fsp3) is 1.00. The van der Waals surface area contributed by atoms with Crippen LogP contribution in [0.1, 0.15) is 142 Å². The van der Waals surface area contributed by atoms with Crippen LogP contribution in [-0.2, 0) is 9.84 Å². The van der Waals surface area contributed by atoms with Gasteiger partial charge in [-0.1, -0.05) is 117 Å². The first kappa shape index (κ1) is 30.9. The van der Waals surface area contributed by atoms with Gasteiger partial charge in [-0.25, -0.2) is 8.42 Å². The van der Waals surface area contributed by atoms with Crippen molar-refractivity contribution < 1.29 is 18.6 Å². The van der Waals surface area contributed by atoms with Gasteiger partial charge in [0.25, 0.3) is 0 Å². The quantitative estimate of drug-likeness (QED) is 0.152. The summed E-state index contributed by atoms with van der Waals surface area (Å²) < 4.78 is 24.4. The summed E-state index contributed by atoms with van der Waals surface area (Å²) in [5.74, 6) is 0.0747. The third-order valence-corrected chi connectivity index (χ3v) is 8.02. The largest absolute Gasteiger partial charge is 0.393 e. The zero-order chi connectivity index (χ0) is 23.2. The van der Waals surface area contributed by atoms with E-state index in [0.717, 1.165) is 25.7 Å². The van der Waals surface area contributed by atoms with Gasteiger partial charge in [0, 0.05) is 0 Å². The van der Waals surface area contributed by atoms with Gasteiger partial charge in [0.1, 0.15) is 0 Å². The number of rotatable bonds is 24. The fourth-order valence-corrected chi connectivity index (χ4v) is 5.52. The van der Waals surface area contributed by atoms with Gasteiger partial charge in [0.05, 0.1) is 23.7 Å². The zero-order valence-electron chi connectivity index (χ0n) is 20.8. The van der Waals surface area contributed by atoms with Gasteiger partial charge >= 0.3 is 0 Å². The maximum atomic E-state index is 12.2. The van der Waals surface area contributed by atoms with Crippen molar-refractivity contribution in [3.05, 3.63) is 0 Å². The van der Waals surface area contributed by atoms with Crippen molar-refractivity contribution in [3.63, 3.8) is 0 Å². The van der Waals surface area contributed by atoms with E-state index in [0.29, 0.717) is 25.7 Å². The minimum atomic E-state index is -3.19. The Bertz CT molecular complexity index is 428. The lowest BCUT2D eigenvalue weighted by Crippen LogP contribution is -2.20. The fourth-order valence-electron chi connectivity index (χ4n) is 4.05. The van der Waals surface area contributed by atoms with Crippen LogP contribution in [0.15, 0.2) is 0 Å². The average molecular weight is 463 g/mol. The molecule has 4 nitrogen and oxygen atoms in total. The maximum Gasteiger partial charge on any atom is 0.150 e. The van der Waals surface area contributed by atoms with Gasteiger partial charge in [0.2, 0.25) is 0 Å². The number of hydrogen-bond donors (Lipinski definition) is 2. The summed E-state index contributed by atoms with van der Waals surface area (Å²) in [6, 6.07) is 0. The Balaban J connectivity index is 3.65. The Morgan fingerprint density at radius 2 is 0.774 bits per heavy atom. The molecule has 0 aromatic carbocycles. The van der Waals surface area contributed by atoms with E-state index in [9.17, 15) is 18.6 Å². The molecule has 5 heteroatoms. The minimum absolute atomic E-state index is 0.0374. The Labute approximate surface area is 194 Å². The molecule has 2 unspecified atom stereocenters. The Kier molecular flexibility index (Phi) is 21.6. The molecule has 0 aliphatic heterocycles. The van der Waals surface area contributed by atoms with Gasteiger partial charge in [-0.3, -0.25) is 0 Å². The summed E-state index contributed by atoms with van der Waals surface area (Å²) in [4.78, 5) is 0. The minimum Gasteiger partial charge on any atom is -0.393 e. The molecule has 0 aliphatic carbocycles. The Morgan fingerprint density at radius 3 is 1.10 bits per heavy atom. The van der Waals surface area contributed by atoms with Crippen LogP contribution >= 0.6 is 0 Å². The van der Waals surface area contributed by atoms with E-state index in [-0.39, 0.29) is 11.5 Å². The van der Waals surface area contributed by atoms with Crippen LogP contribution in [0.5, 0.6) is 0 Å². The van der Waals surface area contributed by atoms with Gasteiger partial charge in [-0.15, -0.1) is 0 Å². The van der Waals surface area contributed by atoms with Gasteiger partial charge in [0.15, 0.2) is 9.84 Å². The summed E-state index contributed by atoms with van der Waals surface area (Å²) in [7, 11) is -3.19. The molecule has 2 N–H and O–H groups in total.